The van der Waals surface area contributed by atoms with Crippen molar-refractivity contribution in [3.05, 3.63) is 70.3 Å². The highest BCUT2D eigenvalue weighted by Gasteiger charge is 2.22. The van der Waals surface area contributed by atoms with E-state index in [1.165, 1.54) is 7.11 Å². The van der Waals surface area contributed by atoms with Crippen molar-refractivity contribution in [1.29, 1.82) is 0 Å². The van der Waals surface area contributed by atoms with Crippen molar-refractivity contribution in [3.63, 3.8) is 0 Å². The fourth-order valence-electron chi connectivity index (χ4n) is 2.90. The third kappa shape index (κ3) is 3.39. The van der Waals surface area contributed by atoms with Crippen molar-refractivity contribution in [2.45, 2.75) is 11.3 Å². The molecule has 1 aliphatic carbocycles. The SMILES string of the molecule is COc1cc(C2=C(c3cc(F)c(S(C)(=O)=O)cc3F)CC=C2)ccc1Cl. The van der Waals surface area contributed by atoms with Gasteiger partial charge < -0.3 is 4.74 Å². The second-order valence-electron chi connectivity index (χ2n) is 5.88. The van der Waals surface area contributed by atoms with Crippen LogP contribution in [0.15, 0.2) is 47.4 Å². The zero-order valence-electron chi connectivity index (χ0n) is 14.0. The van der Waals surface area contributed by atoms with Gasteiger partial charge in [-0.25, -0.2) is 17.2 Å². The summed E-state index contributed by atoms with van der Waals surface area (Å²) >= 11 is 6.04. The number of hydrogen-bond acceptors (Lipinski definition) is 3. The first-order valence-corrected chi connectivity index (χ1v) is 9.92. The number of hydrogen-bond donors (Lipinski definition) is 0. The average molecular weight is 397 g/mol. The van der Waals surface area contributed by atoms with Crippen LogP contribution in [0, 0.1) is 11.6 Å². The maximum absolute atomic E-state index is 14.6. The number of sulfone groups is 1. The van der Waals surface area contributed by atoms with E-state index in [1.807, 2.05) is 6.08 Å². The lowest BCUT2D eigenvalue weighted by Crippen LogP contribution is -2.04. The van der Waals surface area contributed by atoms with Crippen LogP contribution in [0.1, 0.15) is 17.5 Å². The van der Waals surface area contributed by atoms with Crippen LogP contribution in [-0.4, -0.2) is 21.8 Å². The van der Waals surface area contributed by atoms with Gasteiger partial charge in [0.2, 0.25) is 0 Å². The highest BCUT2D eigenvalue weighted by molar-refractivity contribution is 7.90. The molecule has 0 atom stereocenters. The first kappa shape index (κ1) is 18.6. The minimum absolute atomic E-state index is 0.0313. The van der Waals surface area contributed by atoms with E-state index in [0.29, 0.717) is 28.3 Å². The monoisotopic (exact) mass is 396 g/mol. The molecule has 3 nitrogen and oxygen atoms in total. The topological polar surface area (TPSA) is 43.4 Å². The van der Waals surface area contributed by atoms with Gasteiger partial charge in [0.25, 0.3) is 0 Å². The Bertz CT molecular complexity index is 1060. The van der Waals surface area contributed by atoms with Crippen LogP contribution in [0.2, 0.25) is 5.02 Å². The molecule has 0 saturated carbocycles. The third-order valence-corrected chi connectivity index (χ3v) is 5.56. The van der Waals surface area contributed by atoms with Crippen molar-refractivity contribution in [3.8, 4) is 5.75 Å². The standard InChI is InChI=1S/C19H15ClF2O3S/c1-25-18-8-11(6-7-15(18)20)12-4-3-5-13(12)14-9-17(22)19(10-16(14)21)26(2,23)24/h3-4,6-10H,5H2,1-2H3. The Morgan fingerprint density at radius 1 is 1.12 bits per heavy atom. The van der Waals surface area contributed by atoms with E-state index in [-0.39, 0.29) is 5.56 Å². The van der Waals surface area contributed by atoms with E-state index in [1.54, 1.807) is 24.3 Å². The van der Waals surface area contributed by atoms with Gasteiger partial charge in [-0.15, -0.1) is 0 Å². The lowest BCUT2D eigenvalue weighted by Gasteiger charge is -2.12. The third-order valence-electron chi connectivity index (χ3n) is 4.14. The Labute approximate surface area is 155 Å². The van der Waals surface area contributed by atoms with Gasteiger partial charge in [-0.1, -0.05) is 29.8 Å². The van der Waals surface area contributed by atoms with Crippen molar-refractivity contribution in [2.24, 2.45) is 0 Å². The first-order valence-electron chi connectivity index (χ1n) is 7.65. The first-order chi connectivity index (χ1) is 12.2. The molecule has 2 aromatic rings. The van der Waals surface area contributed by atoms with Crippen LogP contribution in [0.4, 0.5) is 8.78 Å². The number of rotatable bonds is 4. The second kappa shape index (κ2) is 6.85. The minimum Gasteiger partial charge on any atom is -0.495 e. The molecule has 0 aromatic heterocycles. The number of allylic oxidation sites excluding steroid dienone is 4. The van der Waals surface area contributed by atoms with E-state index in [9.17, 15) is 17.2 Å². The molecule has 0 unspecified atom stereocenters. The summed E-state index contributed by atoms with van der Waals surface area (Å²) in [6.45, 7) is 0. The molecule has 0 heterocycles. The molecule has 0 spiro atoms. The van der Waals surface area contributed by atoms with Crippen LogP contribution in [0.3, 0.4) is 0 Å². The molecule has 1 aliphatic rings. The quantitative estimate of drug-likeness (QED) is 0.738. The summed E-state index contributed by atoms with van der Waals surface area (Å²) in [6.07, 6.45) is 4.87. The lowest BCUT2D eigenvalue weighted by molar-refractivity contribution is 0.415. The summed E-state index contributed by atoms with van der Waals surface area (Å²) in [6, 6.07) is 6.80. The van der Waals surface area contributed by atoms with Gasteiger partial charge in [-0.05, 0) is 47.4 Å². The number of methoxy groups -OCH3 is 1. The lowest BCUT2D eigenvalue weighted by atomic mass is 9.96. The summed E-state index contributed by atoms with van der Waals surface area (Å²) in [7, 11) is -2.36. The predicted octanol–water partition coefficient (Wildman–Crippen LogP) is 4.90. The molecular formula is C19H15ClF2O3S. The highest BCUT2D eigenvalue weighted by atomic mass is 35.5. The Kier molecular flexibility index (Phi) is 4.90. The zero-order valence-corrected chi connectivity index (χ0v) is 15.6. The van der Waals surface area contributed by atoms with Crippen LogP contribution < -0.4 is 4.74 Å². The summed E-state index contributed by atoms with van der Waals surface area (Å²) < 4.78 is 57.2. The maximum Gasteiger partial charge on any atom is 0.178 e. The molecule has 136 valence electrons. The second-order valence-corrected chi connectivity index (χ2v) is 8.27. The largest absolute Gasteiger partial charge is 0.495 e. The van der Waals surface area contributed by atoms with E-state index >= 15 is 0 Å². The van der Waals surface area contributed by atoms with Crippen molar-refractivity contribution >= 4 is 32.6 Å². The van der Waals surface area contributed by atoms with E-state index in [0.717, 1.165) is 24.0 Å². The molecule has 0 N–H and O–H groups in total. The molecule has 26 heavy (non-hydrogen) atoms. The molecule has 0 aliphatic heterocycles. The molecule has 0 bridgehead atoms. The molecule has 0 fully saturated rings. The van der Waals surface area contributed by atoms with E-state index in [4.69, 9.17) is 16.3 Å². The van der Waals surface area contributed by atoms with E-state index in [2.05, 4.69) is 0 Å². The molecular weight excluding hydrogens is 382 g/mol. The Balaban J connectivity index is 2.17. The maximum atomic E-state index is 14.6. The Morgan fingerprint density at radius 2 is 1.85 bits per heavy atom. The Morgan fingerprint density at radius 3 is 2.50 bits per heavy atom. The molecule has 2 aromatic carbocycles. The van der Waals surface area contributed by atoms with Gasteiger partial charge in [-0.2, -0.15) is 0 Å². The summed E-state index contributed by atoms with van der Waals surface area (Å²) in [4.78, 5) is -0.653. The van der Waals surface area contributed by atoms with Gasteiger partial charge in [0.15, 0.2) is 9.84 Å². The summed E-state index contributed by atoms with van der Waals surface area (Å²) in [5.41, 5.74) is 2.03. The molecule has 0 amide bonds. The molecule has 0 radical (unpaired) electrons. The fourth-order valence-corrected chi connectivity index (χ4v) is 3.83. The fraction of sp³-hybridized carbons (Fsp3) is 0.158. The number of halogens is 3. The molecule has 3 rings (SSSR count). The molecule has 0 saturated heterocycles. The Hall–Kier alpha value is -2.18. The minimum atomic E-state index is -3.85. The van der Waals surface area contributed by atoms with Gasteiger partial charge in [-0.3, -0.25) is 0 Å². The number of ether oxygens (including phenoxy) is 1. The van der Waals surface area contributed by atoms with Crippen molar-refractivity contribution in [2.75, 3.05) is 13.4 Å². The smallest absolute Gasteiger partial charge is 0.178 e. The highest BCUT2D eigenvalue weighted by Crippen LogP contribution is 2.39. The van der Waals surface area contributed by atoms with Crippen LogP contribution in [-0.2, 0) is 9.84 Å². The predicted molar refractivity (Wildman–Crippen MR) is 98.0 cm³/mol. The average Bonchev–Trinajstić information content (AvgIpc) is 3.05. The van der Waals surface area contributed by atoms with Gasteiger partial charge in [0, 0.05) is 11.8 Å². The number of benzene rings is 2. The van der Waals surface area contributed by atoms with Crippen LogP contribution in [0.5, 0.6) is 5.75 Å². The summed E-state index contributed by atoms with van der Waals surface area (Å²) in [5, 5.41) is 0.440. The van der Waals surface area contributed by atoms with Crippen LogP contribution >= 0.6 is 11.6 Å². The molecule has 7 heteroatoms. The normalized spacial score (nSPS) is 14.2. The van der Waals surface area contributed by atoms with Gasteiger partial charge >= 0.3 is 0 Å². The van der Waals surface area contributed by atoms with Gasteiger partial charge in [0.05, 0.1) is 12.1 Å². The van der Waals surface area contributed by atoms with E-state index < -0.39 is 26.4 Å². The zero-order chi connectivity index (χ0) is 19.1. The van der Waals surface area contributed by atoms with Crippen LogP contribution in [0.25, 0.3) is 11.1 Å². The van der Waals surface area contributed by atoms with Gasteiger partial charge in [0.1, 0.15) is 22.3 Å². The summed E-state index contributed by atoms with van der Waals surface area (Å²) in [5.74, 6) is -1.30. The van der Waals surface area contributed by atoms with Crippen molar-refractivity contribution < 1.29 is 21.9 Å². The van der Waals surface area contributed by atoms with Crippen molar-refractivity contribution in [1.82, 2.24) is 0 Å².